The Morgan fingerprint density at radius 3 is 2.73 bits per heavy atom. The Morgan fingerprint density at radius 1 is 1.35 bits per heavy atom. The van der Waals surface area contributed by atoms with E-state index < -0.39 is 38.5 Å². The maximum Gasteiger partial charge on any atom is 0.469 e. The highest BCUT2D eigenvalue weighted by atomic mass is 79.9. The van der Waals surface area contributed by atoms with Crippen molar-refractivity contribution in [2.24, 2.45) is 0 Å². The third-order valence-corrected chi connectivity index (χ3v) is 4.97. The molecule has 6 N–H and O–H groups in total. The minimum Gasteiger partial charge on any atom is -0.387 e. The summed E-state index contributed by atoms with van der Waals surface area (Å²) in [4.78, 5) is 30.1. The second-order valence-electron chi connectivity index (χ2n) is 5.67. The summed E-state index contributed by atoms with van der Waals surface area (Å²) in [6, 6.07) is 0. The number of halogens is 1. The molecule has 14 heteroatoms. The van der Waals surface area contributed by atoms with Gasteiger partial charge in [0.1, 0.15) is 30.2 Å². The maximum atomic E-state index is 11.2. The third-order valence-electron chi connectivity index (χ3n) is 3.97. The van der Waals surface area contributed by atoms with Crippen molar-refractivity contribution in [3.8, 4) is 0 Å². The number of imidazole rings is 1. The number of aliphatic hydroxyl groups is 2. The second-order valence-corrected chi connectivity index (χ2v) is 7.65. The fourth-order valence-electron chi connectivity index (χ4n) is 2.84. The molecular weight excluding hydrogens is 437 g/mol. The molecule has 144 valence electrons. The Hall–Kier alpha value is -1.18. The van der Waals surface area contributed by atoms with Gasteiger partial charge in [0.05, 0.1) is 12.4 Å². The van der Waals surface area contributed by atoms with Gasteiger partial charge in [0.25, 0.3) is 0 Å². The van der Waals surface area contributed by atoms with Crippen LogP contribution in [0.4, 0.5) is 5.82 Å². The van der Waals surface area contributed by atoms with E-state index >= 15 is 0 Å². The smallest absolute Gasteiger partial charge is 0.387 e. The first-order chi connectivity index (χ1) is 12.2. The van der Waals surface area contributed by atoms with Gasteiger partial charge in [-0.15, -0.1) is 0 Å². The normalized spacial score (nSPS) is 27.9. The van der Waals surface area contributed by atoms with Crippen LogP contribution >= 0.6 is 23.8 Å². The average Bonchev–Trinajstić information content (AvgIpc) is 3.09. The van der Waals surface area contributed by atoms with E-state index in [1.165, 1.54) is 17.2 Å². The Bertz CT molecular complexity index is 831. The van der Waals surface area contributed by atoms with E-state index in [1.807, 2.05) is 0 Å². The van der Waals surface area contributed by atoms with Crippen LogP contribution in [0.25, 0.3) is 11.2 Å². The molecule has 0 amide bonds. The van der Waals surface area contributed by atoms with Gasteiger partial charge in [-0.05, 0) is 6.42 Å². The van der Waals surface area contributed by atoms with Gasteiger partial charge < -0.3 is 30.5 Å². The van der Waals surface area contributed by atoms with E-state index in [4.69, 9.17) is 24.8 Å². The zero-order valence-electron chi connectivity index (χ0n) is 13.2. The predicted octanol–water partition coefficient (Wildman–Crippen LogP) is -0.709. The average molecular weight is 454 g/mol. The molecule has 5 atom stereocenters. The number of alkyl halides is 1. The van der Waals surface area contributed by atoms with E-state index in [0.717, 1.165) is 0 Å². The molecule has 0 aliphatic carbocycles. The second kappa shape index (κ2) is 7.44. The number of fused-ring (bicyclic) bond motifs is 1. The summed E-state index contributed by atoms with van der Waals surface area (Å²) in [7, 11) is -4.83. The van der Waals surface area contributed by atoms with Crippen LogP contribution in [0.3, 0.4) is 0 Å². The number of aromatic nitrogens is 4. The largest absolute Gasteiger partial charge is 0.469 e. The quantitative estimate of drug-likeness (QED) is 0.274. The highest BCUT2D eigenvalue weighted by molar-refractivity contribution is 9.09. The van der Waals surface area contributed by atoms with Crippen molar-refractivity contribution < 1.29 is 33.8 Å². The topological polar surface area (TPSA) is 186 Å². The molecule has 2 aromatic rings. The number of aliphatic hydroxyl groups excluding tert-OH is 2. The number of anilines is 1. The van der Waals surface area contributed by atoms with Crippen LogP contribution in [0.1, 0.15) is 12.6 Å². The predicted molar refractivity (Wildman–Crippen MR) is 91.0 cm³/mol. The van der Waals surface area contributed by atoms with Gasteiger partial charge in [0, 0.05) is 5.33 Å². The molecule has 1 aliphatic heterocycles. The molecule has 3 rings (SSSR count). The Labute approximate surface area is 155 Å². The first kappa shape index (κ1) is 19.6. The molecule has 0 spiro atoms. The van der Waals surface area contributed by atoms with Crippen molar-refractivity contribution in [1.29, 1.82) is 0 Å². The summed E-state index contributed by atoms with van der Waals surface area (Å²) in [6.45, 7) is 0. The molecule has 12 nitrogen and oxygen atoms in total. The first-order valence-electron chi connectivity index (χ1n) is 7.47. The van der Waals surface area contributed by atoms with Gasteiger partial charge in [-0.2, -0.15) is 0 Å². The number of hydrogen-bond donors (Lipinski definition) is 5. The summed E-state index contributed by atoms with van der Waals surface area (Å²) in [6.07, 6.45) is -3.63. The van der Waals surface area contributed by atoms with Crippen molar-refractivity contribution in [2.75, 3.05) is 11.1 Å². The zero-order valence-corrected chi connectivity index (χ0v) is 15.6. The van der Waals surface area contributed by atoms with Crippen LogP contribution in [0.5, 0.6) is 0 Å². The number of nitrogens with zero attached hydrogens (tertiary/aromatic N) is 4. The molecule has 3 heterocycles. The number of nitrogens with two attached hydrogens (primary N) is 1. The van der Waals surface area contributed by atoms with Crippen LogP contribution in [-0.4, -0.2) is 69.3 Å². The van der Waals surface area contributed by atoms with Crippen molar-refractivity contribution in [1.82, 2.24) is 19.5 Å². The molecular formula is C12H17BrN5O7P. The number of hydrogen-bond acceptors (Lipinski definition) is 9. The highest BCUT2D eigenvalue weighted by Crippen LogP contribution is 2.43. The monoisotopic (exact) mass is 453 g/mol. The number of ether oxygens (including phenoxy) is 1. The molecule has 0 saturated carbocycles. The minimum absolute atomic E-state index is 0.131. The zero-order chi connectivity index (χ0) is 19.1. The standard InChI is InChI=1S/C12H17BrN5O7P/c13-2-1-5(25-26(21,22)23)9-7(19)8(20)12(24-9)18-4-17-6-10(14)15-3-16-11(6)18/h3-5,7-9,12,19-20H,1-2H2,(H2,14,15,16)(H2,21,22,23)/t5?,7-,8+,9+,12+/m0/s1. The van der Waals surface area contributed by atoms with Gasteiger partial charge in [0.15, 0.2) is 17.7 Å². The molecule has 0 bridgehead atoms. The molecule has 26 heavy (non-hydrogen) atoms. The lowest BCUT2D eigenvalue weighted by Gasteiger charge is -2.25. The Morgan fingerprint density at radius 2 is 2.08 bits per heavy atom. The van der Waals surface area contributed by atoms with Gasteiger partial charge in [-0.3, -0.25) is 9.09 Å². The number of nitrogen functional groups attached to an aromatic ring is 1. The van der Waals surface area contributed by atoms with Crippen LogP contribution < -0.4 is 5.73 Å². The van der Waals surface area contributed by atoms with E-state index in [1.54, 1.807) is 0 Å². The molecule has 1 fully saturated rings. The number of phosphoric acid groups is 1. The van der Waals surface area contributed by atoms with Crippen LogP contribution in [0, 0.1) is 0 Å². The number of phosphoric ester groups is 1. The lowest BCUT2D eigenvalue weighted by Crippen LogP contribution is -2.40. The van der Waals surface area contributed by atoms with Gasteiger partial charge in [-0.1, -0.05) is 15.9 Å². The molecule has 0 aromatic carbocycles. The van der Waals surface area contributed by atoms with Crippen LogP contribution in [0.15, 0.2) is 12.7 Å². The van der Waals surface area contributed by atoms with E-state index in [9.17, 15) is 14.8 Å². The molecule has 0 radical (unpaired) electrons. The lowest BCUT2D eigenvalue weighted by molar-refractivity contribution is -0.0813. The Balaban J connectivity index is 1.91. The molecule has 1 saturated heterocycles. The summed E-state index contributed by atoms with van der Waals surface area (Å²) in [5.74, 6) is 0.139. The SMILES string of the molecule is Nc1ncnc2c1ncn2[C@@H]1O[C@H](C(CCBr)OP(=O)(O)O)[C@@H](O)[C@H]1O. The molecule has 1 unspecified atom stereocenters. The summed E-state index contributed by atoms with van der Waals surface area (Å²) < 4.78 is 23.0. The van der Waals surface area contributed by atoms with Crippen molar-refractivity contribution in [2.45, 2.75) is 37.1 Å². The van der Waals surface area contributed by atoms with Crippen LogP contribution in [0.2, 0.25) is 0 Å². The summed E-state index contributed by atoms with van der Waals surface area (Å²) in [5.41, 5.74) is 6.30. The fraction of sp³-hybridized carbons (Fsp3) is 0.583. The van der Waals surface area contributed by atoms with Gasteiger partial charge in [-0.25, -0.2) is 19.5 Å². The molecule has 1 aliphatic rings. The summed E-state index contributed by atoms with van der Waals surface area (Å²) in [5, 5.41) is 21.1. The van der Waals surface area contributed by atoms with Gasteiger partial charge in [0.2, 0.25) is 0 Å². The lowest BCUT2D eigenvalue weighted by atomic mass is 10.0. The Kier molecular flexibility index (Phi) is 5.61. The van der Waals surface area contributed by atoms with E-state index in [-0.39, 0.29) is 17.9 Å². The van der Waals surface area contributed by atoms with E-state index in [2.05, 4.69) is 30.9 Å². The highest BCUT2D eigenvalue weighted by Gasteiger charge is 2.49. The first-order valence-corrected chi connectivity index (χ1v) is 10.1. The maximum absolute atomic E-state index is 11.2. The fourth-order valence-corrected chi connectivity index (χ4v) is 3.87. The van der Waals surface area contributed by atoms with Crippen molar-refractivity contribution >= 4 is 40.7 Å². The van der Waals surface area contributed by atoms with Crippen molar-refractivity contribution in [3.05, 3.63) is 12.7 Å². The third kappa shape index (κ3) is 3.75. The van der Waals surface area contributed by atoms with E-state index in [0.29, 0.717) is 10.8 Å². The molecule has 2 aromatic heterocycles. The van der Waals surface area contributed by atoms with Crippen molar-refractivity contribution in [3.63, 3.8) is 0 Å². The summed E-state index contributed by atoms with van der Waals surface area (Å²) >= 11 is 3.16. The van der Waals surface area contributed by atoms with Gasteiger partial charge >= 0.3 is 7.82 Å². The van der Waals surface area contributed by atoms with Crippen LogP contribution in [-0.2, 0) is 13.8 Å². The number of rotatable bonds is 6. The minimum atomic E-state index is -4.83.